The van der Waals surface area contributed by atoms with Crippen LogP contribution in [0.4, 0.5) is 11.4 Å². The van der Waals surface area contributed by atoms with Gasteiger partial charge in [0.2, 0.25) is 0 Å². The normalized spacial score (nSPS) is 13.8. The Morgan fingerprint density at radius 2 is 1.74 bits per heavy atom. The number of nitrogens with zero attached hydrogens (tertiary/aromatic N) is 3. The molecule has 9 heteroatoms. The van der Waals surface area contributed by atoms with Crippen molar-refractivity contribution in [1.29, 1.82) is 0 Å². The maximum absolute atomic E-state index is 12.4. The fraction of sp³-hybridized carbons (Fsp3) is 0.273. The van der Waals surface area contributed by atoms with Crippen molar-refractivity contribution < 1.29 is 24.0 Å². The van der Waals surface area contributed by atoms with E-state index in [4.69, 9.17) is 9.47 Å². The van der Waals surface area contributed by atoms with Gasteiger partial charge >= 0.3 is 5.97 Å². The molecule has 3 rings (SSSR count). The number of benzene rings is 2. The molecule has 0 spiro atoms. The van der Waals surface area contributed by atoms with Gasteiger partial charge in [-0.05, 0) is 24.3 Å². The van der Waals surface area contributed by atoms with Crippen LogP contribution in [-0.4, -0.2) is 61.6 Å². The van der Waals surface area contributed by atoms with Gasteiger partial charge in [-0.2, -0.15) is 0 Å². The first-order valence-electron chi connectivity index (χ1n) is 9.73. The summed E-state index contributed by atoms with van der Waals surface area (Å²) < 4.78 is 10.3. The molecule has 2 aromatic carbocycles. The predicted molar refractivity (Wildman–Crippen MR) is 115 cm³/mol. The fourth-order valence-electron chi connectivity index (χ4n) is 3.23. The third kappa shape index (κ3) is 5.81. The van der Waals surface area contributed by atoms with Crippen LogP contribution in [0.3, 0.4) is 0 Å². The molecule has 0 aliphatic carbocycles. The zero-order valence-corrected chi connectivity index (χ0v) is 17.1. The third-order valence-corrected chi connectivity index (χ3v) is 4.93. The minimum absolute atomic E-state index is 0.0409. The van der Waals surface area contributed by atoms with E-state index < -0.39 is 10.9 Å². The molecule has 0 aromatic heterocycles. The summed E-state index contributed by atoms with van der Waals surface area (Å²) in [5.41, 5.74) is 1.64. The number of amides is 1. The third-order valence-electron chi connectivity index (χ3n) is 4.93. The first-order chi connectivity index (χ1) is 15.0. The summed E-state index contributed by atoms with van der Waals surface area (Å²) in [6.45, 7) is 1.80. The van der Waals surface area contributed by atoms with E-state index in [-0.39, 0.29) is 18.2 Å². The van der Waals surface area contributed by atoms with Gasteiger partial charge in [-0.3, -0.25) is 14.9 Å². The molecular weight excluding hydrogens is 402 g/mol. The molecule has 1 saturated heterocycles. The average molecular weight is 425 g/mol. The van der Waals surface area contributed by atoms with Crippen LogP contribution < -0.4 is 9.64 Å². The summed E-state index contributed by atoms with van der Waals surface area (Å²) in [5, 5.41) is 10.8. The van der Waals surface area contributed by atoms with Crippen LogP contribution in [0.1, 0.15) is 5.56 Å². The second-order valence-corrected chi connectivity index (χ2v) is 6.82. The van der Waals surface area contributed by atoms with Gasteiger partial charge in [0, 0.05) is 55.6 Å². The van der Waals surface area contributed by atoms with E-state index >= 15 is 0 Å². The summed E-state index contributed by atoms with van der Waals surface area (Å²) in [6, 6.07) is 13.6. The van der Waals surface area contributed by atoms with Gasteiger partial charge in [0.15, 0.2) is 6.61 Å². The monoisotopic (exact) mass is 425 g/mol. The maximum Gasteiger partial charge on any atom is 0.331 e. The molecule has 1 fully saturated rings. The van der Waals surface area contributed by atoms with Crippen molar-refractivity contribution in [3.63, 3.8) is 0 Å². The number of ether oxygens (including phenoxy) is 2. The van der Waals surface area contributed by atoms with Crippen LogP contribution in [-0.2, 0) is 14.3 Å². The lowest BCUT2D eigenvalue weighted by Gasteiger charge is -2.36. The van der Waals surface area contributed by atoms with Crippen LogP contribution in [0, 0.1) is 10.1 Å². The Kier molecular flexibility index (Phi) is 7.21. The number of carbonyl (C=O) groups excluding carboxylic acids is 2. The van der Waals surface area contributed by atoms with E-state index in [1.54, 1.807) is 42.4 Å². The molecular formula is C22H23N3O6. The number of hydrogen-bond donors (Lipinski definition) is 0. The summed E-state index contributed by atoms with van der Waals surface area (Å²) in [6.07, 6.45) is 2.84. The van der Waals surface area contributed by atoms with Gasteiger partial charge in [0.1, 0.15) is 5.75 Å². The number of hydrogen-bond acceptors (Lipinski definition) is 7. The van der Waals surface area contributed by atoms with Gasteiger partial charge in [0.25, 0.3) is 11.6 Å². The van der Waals surface area contributed by atoms with Crippen molar-refractivity contribution in [2.45, 2.75) is 0 Å². The highest BCUT2D eigenvalue weighted by molar-refractivity contribution is 5.89. The lowest BCUT2D eigenvalue weighted by Crippen LogP contribution is -2.49. The molecule has 1 amide bonds. The number of piperazine rings is 1. The van der Waals surface area contributed by atoms with Gasteiger partial charge < -0.3 is 19.3 Å². The molecule has 1 aliphatic heterocycles. The van der Waals surface area contributed by atoms with Crippen LogP contribution >= 0.6 is 0 Å². The minimum Gasteiger partial charge on any atom is -0.496 e. The number of carbonyl (C=O) groups is 2. The largest absolute Gasteiger partial charge is 0.496 e. The van der Waals surface area contributed by atoms with Crippen molar-refractivity contribution in [3.8, 4) is 5.75 Å². The molecule has 0 bridgehead atoms. The standard InChI is InChI=1S/C22H23N3O6/c1-30-20-5-3-2-4-17(20)6-11-22(27)31-16-21(26)24-14-12-23(13-15-24)18-7-9-19(10-8-18)25(28)29/h2-11H,12-16H2,1H3/b11-6+. The summed E-state index contributed by atoms with van der Waals surface area (Å²) in [5.74, 6) is -0.236. The Morgan fingerprint density at radius 1 is 1.06 bits per heavy atom. The first-order valence-corrected chi connectivity index (χ1v) is 9.73. The number of rotatable bonds is 7. The van der Waals surface area contributed by atoms with E-state index in [0.717, 1.165) is 11.3 Å². The number of nitro groups is 1. The van der Waals surface area contributed by atoms with Gasteiger partial charge in [0.05, 0.1) is 12.0 Å². The highest BCUT2D eigenvalue weighted by Crippen LogP contribution is 2.21. The fourth-order valence-corrected chi connectivity index (χ4v) is 3.23. The van der Waals surface area contributed by atoms with Gasteiger partial charge in [-0.15, -0.1) is 0 Å². The first kappa shape index (κ1) is 21.8. The molecule has 0 atom stereocenters. The zero-order valence-electron chi connectivity index (χ0n) is 17.1. The number of non-ortho nitro benzene ring substituents is 1. The van der Waals surface area contributed by atoms with Crippen LogP contribution in [0.25, 0.3) is 6.08 Å². The number of anilines is 1. The maximum atomic E-state index is 12.4. The Morgan fingerprint density at radius 3 is 2.39 bits per heavy atom. The number of esters is 1. The summed E-state index contributed by atoms with van der Waals surface area (Å²) in [7, 11) is 1.55. The van der Waals surface area contributed by atoms with E-state index in [1.165, 1.54) is 18.2 Å². The number of nitro benzene ring substituents is 1. The minimum atomic E-state index is -0.608. The van der Waals surface area contributed by atoms with Crippen molar-refractivity contribution in [2.24, 2.45) is 0 Å². The Hall–Kier alpha value is -3.88. The smallest absolute Gasteiger partial charge is 0.331 e. The SMILES string of the molecule is COc1ccccc1/C=C/C(=O)OCC(=O)N1CCN(c2ccc([N+](=O)[O-])cc2)CC1. The van der Waals surface area contributed by atoms with Gasteiger partial charge in [-0.1, -0.05) is 18.2 Å². The quantitative estimate of drug-likeness (QED) is 0.291. The van der Waals surface area contributed by atoms with E-state index in [9.17, 15) is 19.7 Å². The van der Waals surface area contributed by atoms with Crippen LogP contribution in [0.5, 0.6) is 5.75 Å². The van der Waals surface area contributed by atoms with E-state index in [0.29, 0.717) is 31.9 Å². The summed E-state index contributed by atoms with van der Waals surface area (Å²) >= 11 is 0. The Labute approximate surface area is 179 Å². The Balaban J connectivity index is 1.45. The molecule has 0 radical (unpaired) electrons. The van der Waals surface area contributed by atoms with E-state index in [1.807, 2.05) is 12.1 Å². The van der Waals surface area contributed by atoms with Gasteiger partial charge in [-0.25, -0.2) is 4.79 Å². The molecule has 0 unspecified atom stereocenters. The predicted octanol–water partition coefficient (Wildman–Crippen LogP) is 2.51. The second-order valence-electron chi connectivity index (χ2n) is 6.82. The summed E-state index contributed by atoms with van der Waals surface area (Å²) in [4.78, 5) is 38.3. The zero-order chi connectivity index (χ0) is 22.2. The molecule has 162 valence electrons. The van der Waals surface area contributed by atoms with Crippen molar-refractivity contribution >= 4 is 29.3 Å². The van der Waals surface area contributed by atoms with Crippen LogP contribution in [0.2, 0.25) is 0 Å². The van der Waals surface area contributed by atoms with E-state index in [2.05, 4.69) is 4.90 Å². The molecule has 2 aromatic rings. The molecule has 0 N–H and O–H groups in total. The molecule has 0 saturated carbocycles. The number of para-hydroxylation sites is 1. The highest BCUT2D eigenvalue weighted by atomic mass is 16.6. The lowest BCUT2D eigenvalue weighted by molar-refractivity contribution is -0.384. The Bertz CT molecular complexity index is 965. The molecule has 31 heavy (non-hydrogen) atoms. The molecule has 1 heterocycles. The molecule has 9 nitrogen and oxygen atoms in total. The molecule has 1 aliphatic rings. The van der Waals surface area contributed by atoms with Crippen molar-refractivity contribution in [3.05, 3.63) is 70.3 Å². The van der Waals surface area contributed by atoms with Crippen molar-refractivity contribution in [1.82, 2.24) is 4.90 Å². The second kappa shape index (κ2) is 10.2. The van der Waals surface area contributed by atoms with Crippen molar-refractivity contribution in [2.75, 3.05) is 44.8 Å². The lowest BCUT2D eigenvalue weighted by atomic mass is 10.2. The topological polar surface area (TPSA) is 102 Å². The average Bonchev–Trinajstić information content (AvgIpc) is 2.81. The number of methoxy groups -OCH3 is 1. The van der Waals surface area contributed by atoms with Crippen LogP contribution in [0.15, 0.2) is 54.6 Å². The highest BCUT2D eigenvalue weighted by Gasteiger charge is 2.22.